The van der Waals surface area contributed by atoms with E-state index in [9.17, 15) is 9.59 Å². The molecule has 142 valence electrons. The highest BCUT2D eigenvalue weighted by molar-refractivity contribution is 5.76. The van der Waals surface area contributed by atoms with E-state index in [1.165, 1.54) is 5.56 Å². The van der Waals surface area contributed by atoms with E-state index in [1.54, 1.807) is 4.90 Å². The fourth-order valence-electron chi connectivity index (χ4n) is 3.63. The predicted octanol–water partition coefficient (Wildman–Crippen LogP) is 1.54. The molecule has 2 amide bonds. The van der Waals surface area contributed by atoms with Gasteiger partial charge >= 0.3 is 12.0 Å². The maximum Gasteiger partial charge on any atom is 0.318 e. The topological polar surface area (TPSA) is 82.1 Å². The third-order valence-electron chi connectivity index (χ3n) is 5.06. The normalized spacial score (nSPS) is 22.2. The Morgan fingerprint density at radius 2 is 1.88 bits per heavy atom. The van der Waals surface area contributed by atoms with Crippen LogP contribution in [-0.2, 0) is 16.1 Å². The van der Waals surface area contributed by atoms with E-state index >= 15 is 0 Å². The van der Waals surface area contributed by atoms with Crippen molar-refractivity contribution in [1.82, 2.24) is 15.1 Å². The zero-order valence-electron chi connectivity index (χ0n) is 15.0. The number of carbonyl (C=O) groups excluding carboxylic acids is 1. The fraction of sp³-hybridized carbons (Fsp3) is 0.579. The Morgan fingerprint density at radius 1 is 1.15 bits per heavy atom. The van der Waals surface area contributed by atoms with Crippen LogP contribution in [0.2, 0.25) is 0 Å². The van der Waals surface area contributed by atoms with Crippen LogP contribution in [0, 0.1) is 0 Å². The molecule has 2 N–H and O–H groups in total. The average molecular weight is 361 g/mol. The maximum atomic E-state index is 12.6. The second kappa shape index (κ2) is 9.00. The summed E-state index contributed by atoms with van der Waals surface area (Å²) in [5.41, 5.74) is 1.31. The molecule has 1 aromatic carbocycles. The van der Waals surface area contributed by atoms with E-state index in [1.807, 2.05) is 6.07 Å². The van der Waals surface area contributed by atoms with E-state index in [2.05, 4.69) is 34.5 Å². The van der Waals surface area contributed by atoms with Gasteiger partial charge in [-0.3, -0.25) is 9.69 Å². The monoisotopic (exact) mass is 361 g/mol. The van der Waals surface area contributed by atoms with Crippen LogP contribution in [0.3, 0.4) is 0 Å². The molecular formula is C19H27N3O4. The summed E-state index contributed by atoms with van der Waals surface area (Å²) in [4.78, 5) is 27.6. The van der Waals surface area contributed by atoms with Gasteiger partial charge in [-0.2, -0.15) is 0 Å². The molecule has 2 heterocycles. The van der Waals surface area contributed by atoms with Gasteiger partial charge in [0.2, 0.25) is 0 Å². The number of ether oxygens (including phenoxy) is 1. The number of carbonyl (C=O) groups is 2. The maximum absolute atomic E-state index is 12.6. The van der Waals surface area contributed by atoms with E-state index in [0.717, 1.165) is 32.5 Å². The smallest absolute Gasteiger partial charge is 0.318 e. The van der Waals surface area contributed by atoms with Gasteiger partial charge < -0.3 is 20.1 Å². The Labute approximate surface area is 153 Å². The first-order chi connectivity index (χ1) is 12.6. The molecule has 3 rings (SSSR count). The third-order valence-corrected chi connectivity index (χ3v) is 5.06. The number of urea groups is 1. The van der Waals surface area contributed by atoms with Crippen LogP contribution in [0.4, 0.5) is 4.79 Å². The second-order valence-electron chi connectivity index (χ2n) is 7.01. The number of nitrogens with zero attached hydrogens (tertiary/aromatic N) is 2. The molecule has 0 saturated carbocycles. The number of carboxylic acid groups (broad SMARTS) is 1. The van der Waals surface area contributed by atoms with Crippen LogP contribution in [0.25, 0.3) is 0 Å². The van der Waals surface area contributed by atoms with Gasteiger partial charge in [0.05, 0.1) is 25.7 Å². The van der Waals surface area contributed by atoms with Crippen molar-refractivity contribution in [3.8, 4) is 0 Å². The average Bonchev–Trinajstić information content (AvgIpc) is 2.64. The van der Waals surface area contributed by atoms with Gasteiger partial charge in [0.15, 0.2) is 0 Å². The standard InChI is InChI=1S/C19H27N3O4/c23-18(24)12-17-14-26-11-10-22(17)19(25)20-16-6-8-21(9-7-16)13-15-4-2-1-3-5-15/h1-5,16-17H,6-14H2,(H,20,25)(H,23,24). The Morgan fingerprint density at radius 3 is 2.58 bits per heavy atom. The quantitative estimate of drug-likeness (QED) is 0.831. The molecule has 1 aromatic rings. The number of benzene rings is 1. The van der Waals surface area contributed by atoms with Crippen molar-refractivity contribution in [2.45, 2.75) is 37.9 Å². The number of nitrogens with one attached hydrogen (secondary N) is 1. The molecule has 1 atom stereocenters. The molecular weight excluding hydrogens is 334 g/mol. The summed E-state index contributed by atoms with van der Waals surface area (Å²) in [5.74, 6) is -0.910. The lowest BCUT2D eigenvalue weighted by Gasteiger charge is -2.37. The number of morpholine rings is 1. The number of rotatable bonds is 5. The van der Waals surface area contributed by atoms with Crippen LogP contribution >= 0.6 is 0 Å². The highest BCUT2D eigenvalue weighted by atomic mass is 16.5. The van der Waals surface area contributed by atoms with Crippen LogP contribution in [0.5, 0.6) is 0 Å². The van der Waals surface area contributed by atoms with Crippen molar-refractivity contribution < 1.29 is 19.4 Å². The van der Waals surface area contributed by atoms with Crippen molar-refractivity contribution in [3.63, 3.8) is 0 Å². The van der Waals surface area contributed by atoms with E-state index in [4.69, 9.17) is 9.84 Å². The van der Waals surface area contributed by atoms with Crippen LogP contribution in [0.15, 0.2) is 30.3 Å². The first kappa shape index (κ1) is 18.7. The minimum absolute atomic E-state index is 0.0804. The summed E-state index contributed by atoms with van der Waals surface area (Å²) in [5, 5.41) is 12.1. The van der Waals surface area contributed by atoms with Crippen LogP contribution in [-0.4, -0.2) is 71.8 Å². The Balaban J connectivity index is 1.46. The lowest BCUT2D eigenvalue weighted by molar-refractivity contribution is -0.139. The summed E-state index contributed by atoms with van der Waals surface area (Å²) in [6.07, 6.45) is 1.74. The van der Waals surface area contributed by atoms with Crippen molar-refractivity contribution in [2.24, 2.45) is 0 Å². The van der Waals surface area contributed by atoms with Crippen LogP contribution < -0.4 is 5.32 Å². The van der Waals surface area contributed by atoms with Gasteiger partial charge in [-0.15, -0.1) is 0 Å². The lowest BCUT2D eigenvalue weighted by Crippen LogP contribution is -2.56. The summed E-state index contributed by atoms with van der Waals surface area (Å²) in [6.45, 7) is 4.01. The van der Waals surface area contributed by atoms with Gasteiger partial charge in [-0.05, 0) is 18.4 Å². The van der Waals surface area contributed by atoms with Gasteiger partial charge in [0, 0.05) is 32.2 Å². The minimum Gasteiger partial charge on any atom is -0.481 e. The van der Waals surface area contributed by atoms with Crippen LogP contribution in [0.1, 0.15) is 24.8 Å². The Kier molecular flexibility index (Phi) is 6.46. The largest absolute Gasteiger partial charge is 0.481 e. The number of hydrogen-bond acceptors (Lipinski definition) is 4. The number of piperidine rings is 1. The molecule has 2 aliphatic rings. The highest BCUT2D eigenvalue weighted by Crippen LogP contribution is 2.16. The SMILES string of the molecule is O=C(O)CC1COCCN1C(=O)NC1CCN(Cc2ccccc2)CC1. The van der Waals surface area contributed by atoms with Crippen molar-refractivity contribution in [2.75, 3.05) is 32.8 Å². The van der Waals surface area contributed by atoms with Gasteiger partial charge in [-0.25, -0.2) is 4.79 Å². The highest BCUT2D eigenvalue weighted by Gasteiger charge is 2.31. The van der Waals surface area contributed by atoms with Gasteiger partial charge in [-0.1, -0.05) is 30.3 Å². The van der Waals surface area contributed by atoms with E-state index in [-0.39, 0.29) is 31.1 Å². The second-order valence-corrected chi connectivity index (χ2v) is 7.01. The van der Waals surface area contributed by atoms with Gasteiger partial charge in [0.1, 0.15) is 0 Å². The molecule has 0 radical (unpaired) electrons. The third kappa shape index (κ3) is 5.19. The molecule has 26 heavy (non-hydrogen) atoms. The molecule has 0 bridgehead atoms. The number of likely N-dealkylation sites (tertiary alicyclic amines) is 1. The molecule has 0 aromatic heterocycles. The Hall–Kier alpha value is -2.12. The fourth-order valence-corrected chi connectivity index (χ4v) is 3.63. The number of carboxylic acids is 1. The zero-order chi connectivity index (χ0) is 18.4. The molecule has 2 fully saturated rings. The summed E-state index contributed by atoms with van der Waals surface area (Å²) in [7, 11) is 0. The zero-order valence-corrected chi connectivity index (χ0v) is 15.0. The molecule has 2 aliphatic heterocycles. The minimum atomic E-state index is -0.910. The number of aliphatic carboxylic acids is 1. The summed E-state index contributed by atoms with van der Waals surface area (Å²) in [6, 6.07) is 9.98. The molecule has 7 heteroatoms. The molecule has 1 unspecified atom stereocenters. The lowest BCUT2D eigenvalue weighted by atomic mass is 10.0. The summed E-state index contributed by atoms with van der Waals surface area (Å²) < 4.78 is 5.33. The molecule has 2 saturated heterocycles. The molecule has 7 nitrogen and oxygen atoms in total. The summed E-state index contributed by atoms with van der Waals surface area (Å²) >= 11 is 0. The molecule has 0 aliphatic carbocycles. The first-order valence-electron chi connectivity index (χ1n) is 9.25. The predicted molar refractivity (Wildman–Crippen MR) is 96.8 cm³/mol. The van der Waals surface area contributed by atoms with Crippen molar-refractivity contribution in [1.29, 1.82) is 0 Å². The molecule has 0 spiro atoms. The van der Waals surface area contributed by atoms with E-state index < -0.39 is 5.97 Å². The van der Waals surface area contributed by atoms with Crippen molar-refractivity contribution in [3.05, 3.63) is 35.9 Å². The number of hydrogen-bond donors (Lipinski definition) is 2. The number of amides is 2. The van der Waals surface area contributed by atoms with Crippen molar-refractivity contribution >= 4 is 12.0 Å². The van der Waals surface area contributed by atoms with Gasteiger partial charge in [0.25, 0.3) is 0 Å². The Bertz CT molecular complexity index is 602. The first-order valence-corrected chi connectivity index (χ1v) is 9.25. The van der Waals surface area contributed by atoms with E-state index in [0.29, 0.717) is 13.2 Å².